The number of carbonyl (C=O) groups is 1. The molecule has 19 heavy (non-hydrogen) atoms. The number of benzene rings is 1. The predicted molar refractivity (Wildman–Crippen MR) is 73.8 cm³/mol. The molecule has 0 atom stereocenters. The van der Waals surface area contributed by atoms with Crippen molar-refractivity contribution in [2.45, 2.75) is 13.8 Å². The molecular formula is C15H22O4. The second-order valence-electron chi connectivity index (χ2n) is 4.67. The zero-order chi connectivity index (χ0) is 14.1. The minimum atomic E-state index is -0.0356. The Morgan fingerprint density at radius 2 is 1.74 bits per heavy atom. The fourth-order valence-corrected chi connectivity index (χ4v) is 1.46. The van der Waals surface area contributed by atoms with E-state index in [-0.39, 0.29) is 12.4 Å². The number of carbonyl (C=O) groups excluding carboxylic acids is 1. The molecule has 0 N–H and O–H groups in total. The van der Waals surface area contributed by atoms with Crippen molar-refractivity contribution in [3.63, 3.8) is 0 Å². The van der Waals surface area contributed by atoms with Gasteiger partial charge in [-0.05, 0) is 30.2 Å². The van der Waals surface area contributed by atoms with E-state index in [2.05, 4.69) is 13.8 Å². The number of ketones is 1. The van der Waals surface area contributed by atoms with Crippen molar-refractivity contribution in [2.24, 2.45) is 5.92 Å². The van der Waals surface area contributed by atoms with E-state index in [1.807, 2.05) is 0 Å². The maximum Gasteiger partial charge on any atom is 0.188 e. The van der Waals surface area contributed by atoms with E-state index < -0.39 is 0 Å². The van der Waals surface area contributed by atoms with Crippen LogP contribution < -0.4 is 4.74 Å². The first-order valence-electron chi connectivity index (χ1n) is 6.46. The number of hydrogen-bond donors (Lipinski definition) is 0. The van der Waals surface area contributed by atoms with Gasteiger partial charge in [-0.25, -0.2) is 0 Å². The van der Waals surface area contributed by atoms with Crippen molar-refractivity contribution >= 4 is 5.78 Å². The molecule has 0 fully saturated rings. The SMILES string of the molecule is COc1ccc(C(=O)COCCOCC(C)C)cc1. The minimum Gasteiger partial charge on any atom is -0.497 e. The molecule has 0 unspecified atom stereocenters. The van der Waals surface area contributed by atoms with Gasteiger partial charge in [-0.3, -0.25) is 4.79 Å². The molecule has 4 heteroatoms. The lowest BCUT2D eigenvalue weighted by Gasteiger charge is -2.07. The summed E-state index contributed by atoms with van der Waals surface area (Å²) in [4.78, 5) is 11.8. The Morgan fingerprint density at radius 1 is 1.11 bits per heavy atom. The van der Waals surface area contributed by atoms with E-state index in [9.17, 15) is 4.79 Å². The van der Waals surface area contributed by atoms with Crippen LogP contribution in [0.1, 0.15) is 24.2 Å². The van der Waals surface area contributed by atoms with Gasteiger partial charge in [0.15, 0.2) is 5.78 Å². The van der Waals surface area contributed by atoms with Gasteiger partial charge in [0.2, 0.25) is 0 Å². The summed E-state index contributed by atoms with van der Waals surface area (Å²) in [5.74, 6) is 1.21. The van der Waals surface area contributed by atoms with Crippen molar-refractivity contribution in [1.82, 2.24) is 0 Å². The first kappa shape index (κ1) is 15.7. The standard InChI is InChI=1S/C15H22O4/c1-12(2)10-18-8-9-19-11-15(16)13-4-6-14(17-3)7-5-13/h4-7,12H,8-11H2,1-3H3. The van der Waals surface area contributed by atoms with E-state index in [4.69, 9.17) is 14.2 Å². The Labute approximate surface area is 114 Å². The Kier molecular flexibility index (Phi) is 7.15. The van der Waals surface area contributed by atoms with Gasteiger partial charge >= 0.3 is 0 Å². The van der Waals surface area contributed by atoms with Crippen LogP contribution in [0.4, 0.5) is 0 Å². The molecule has 0 aromatic heterocycles. The van der Waals surface area contributed by atoms with Gasteiger partial charge in [-0.1, -0.05) is 13.8 Å². The Bertz CT molecular complexity index is 370. The summed E-state index contributed by atoms with van der Waals surface area (Å²) in [5, 5.41) is 0. The molecule has 0 spiro atoms. The van der Waals surface area contributed by atoms with Crippen LogP contribution >= 0.6 is 0 Å². The molecule has 4 nitrogen and oxygen atoms in total. The molecule has 0 saturated carbocycles. The lowest BCUT2D eigenvalue weighted by atomic mass is 10.1. The molecule has 1 rings (SSSR count). The highest BCUT2D eigenvalue weighted by molar-refractivity contribution is 5.97. The van der Waals surface area contributed by atoms with Crippen LogP contribution in [0.15, 0.2) is 24.3 Å². The smallest absolute Gasteiger partial charge is 0.188 e. The highest BCUT2D eigenvalue weighted by Gasteiger charge is 2.06. The van der Waals surface area contributed by atoms with E-state index in [0.717, 1.165) is 12.4 Å². The summed E-state index contributed by atoms with van der Waals surface area (Å²) in [7, 11) is 1.59. The van der Waals surface area contributed by atoms with E-state index >= 15 is 0 Å². The second-order valence-corrected chi connectivity index (χ2v) is 4.67. The Morgan fingerprint density at radius 3 is 2.32 bits per heavy atom. The zero-order valence-electron chi connectivity index (χ0n) is 11.8. The van der Waals surface area contributed by atoms with Crippen molar-refractivity contribution < 1.29 is 19.0 Å². The summed E-state index contributed by atoms with van der Waals surface area (Å²) in [6.45, 7) is 5.94. The van der Waals surface area contributed by atoms with Crippen molar-refractivity contribution in [1.29, 1.82) is 0 Å². The third kappa shape index (κ3) is 6.36. The number of ether oxygens (including phenoxy) is 3. The minimum absolute atomic E-state index is 0.0356. The van der Waals surface area contributed by atoms with Gasteiger partial charge in [0.05, 0.1) is 20.3 Å². The zero-order valence-corrected chi connectivity index (χ0v) is 11.8. The van der Waals surface area contributed by atoms with Crippen LogP contribution in [0.5, 0.6) is 5.75 Å². The van der Waals surface area contributed by atoms with Crippen molar-refractivity contribution in [3.8, 4) is 5.75 Å². The molecule has 0 aliphatic heterocycles. The lowest BCUT2D eigenvalue weighted by Crippen LogP contribution is -2.13. The molecule has 0 aliphatic rings. The van der Waals surface area contributed by atoms with Crippen LogP contribution in [0.3, 0.4) is 0 Å². The van der Waals surface area contributed by atoms with Crippen molar-refractivity contribution in [3.05, 3.63) is 29.8 Å². The molecule has 0 radical (unpaired) electrons. The molecule has 0 aliphatic carbocycles. The maximum atomic E-state index is 11.8. The summed E-state index contributed by atoms with van der Waals surface area (Å²) >= 11 is 0. The van der Waals surface area contributed by atoms with Gasteiger partial charge in [0.25, 0.3) is 0 Å². The maximum absolute atomic E-state index is 11.8. The quantitative estimate of drug-likeness (QED) is 0.509. The fraction of sp³-hybridized carbons (Fsp3) is 0.533. The number of Topliss-reactive ketones (excluding diaryl/α,β-unsaturated/α-hetero) is 1. The van der Waals surface area contributed by atoms with Crippen LogP contribution in [-0.2, 0) is 9.47 Å². The third-order valence-corrected chi connectivity index (χ3v) is 2.47. The normalized spacial score (nSPS) is 10.7. The van der Waals surface area contributed by atoms with Gasteiger partial charge < -0.3 is 14.2 Å². The lowest BCUT2D eigenvalue weighted by molar-refractivity contribution is 0.0364. The van der Waals surface area contributed by atoms with Gasteiger partial charge in [0.1, 0.15) is 12.4 Å². The molecule has 106 valence electrons. The van der Waals surface area contributed by atoms with Gasteiger partial charge in [0, 0.05) is 12.2 Å². The molecule has 0 saturated heterocycles. The number of rotatable bonds is 9. The first-order chi connectivity index (χ1) is 9.13. The average molecular weight is 266 g/mol. The summed E-state index contributed by atoms with van der Waals surface area (Å²) in [5.41, 5.74) is 0.629. The van der Waals surface area contributed by atoms with E-state index in [1.165, 1.54) is 0 Å². The summed E-state index contributed by atoms with van der Waals surface area (Å²) in [6, 6.07) is 7.00. The summed E-state index contributed by atoms with van der Waals surface area (Å²) < 4.78 is 15.7. The van der Waals surface area contributed by atoms with Crippen LogP contribution in [0.2, 0.25) is 0 Å². The third-order valence-electron chi connectivity index (χ3n) is 2.47. The van der Waals surface area contributed by atoms with Crippen molar-refractivity contribution in [2.75, 3.05) is 33.5 Å². The highest BCUT2D eigenvalue weighted by Crippen LogP contribution is 2.11. The second kappa shape index (κ2) is 8.67. The predicted octanol–water partition coefficient (Wildman–Crippen LogP) is 2.57. The molecular weight excluding hydrogens is 244 g/mol. The molecule has 1 aromatic rings. The van der Waals surface area contributed by atoms with Crippen LogP contribution in [-0.4, -0.2) is 39.3 Å². The largest absolute Gasteiger partial charge is 0.497 e. The molecule has 0 bridgehead atoms. The average Bonchev–Trinajstić information content (AvgIpc) is 2.42. The Hall–Kier alpha value is -1.39. The highest BCUT2D eigenvalue weighted by atomic mass is 16.5. The number of hydrogen-bond acceptors (Lipinski definition) is 4. The van der Waals surface area contributed by atoms with Crippen LogP contribution in [0.25, 0.3) is 0 Å². The summed E-state index contributed by atoms with van der Waals surface area (Å²) in [6.07, 6.45) is 0. The van der Waals surface area contributed by atoms with E-state index in [1.54, 1.807) is 31.4 Å². The molecule has 0 amide bonds. The van der Waals surface area contributed by atoms with E-state index in [0.29, 0.717) is 24.7 Å². The topological polar surface area (TPSA) is 44.8 Å². The van der Waals surface area contributed by atoms with Gasteiger partial charge in [-0.2, -0.15) is 0 Å². The van der Waals surface area contributed by atoms with Crippen LogP contribution in [0, 0.1) is 5.92 Å². The fourth-order valence-electron chi connectivity index (χ4n) is 1.46. The molecule has 1 aromatic carbocycles. The number of methoxy groups -OCH3 is 1. The molecule has 0 heterocycles. The first-order valence-corrected chi connectivity index (χ1v) is 6.46. The Balaban J connectivity index is 2.20. The van der Waals surface area contributed by atoms with Gasteiger partial charge in [-0.15, -0.1) is 0 Å². The monoisotopic (exact) mass is 266 g/mol.